The van der Waals surface area contributed by atoms with E-state index in [1.54, 1.807) is 28.0 Å². The molecule has 0 radical (unpaired) electrons. The predicted molar refractivity (Wildman–Crippen MR) is 94.2 cm³/mol. The van der Waals surface area contributed by atoms with E-state index >= 15 is 0 Å². The van der Waals surface area contributed by atoms with Gasteiger partial charge in [-0.1, -0.05) is 6.07 Å². The molecule has 1 aliphatic heterocycles. The Hall–Kier alpha value is -2.29. The standard InChI is InChI=1S/C17H18N4O3S/c22-17(23)12-3-4-13(14-2-1-11-25-14)21-16(12)18-15(19-21)5-6-20-7-9-24-10-8-20/h1-4,11H,5-10H2,(H,22,23). The van der Waals surface area contributed by atoms with E-state index in [0.717, 1.165) is 43.4 Å². The molecule has 0 aromatic carbocycles. The molecule has 8 heteroatoms. The first-order valence-electron chi connectivity index (χ1n) is 8.18. The quantitative estimate of drug-likeness (QED) is 0.752. The number of morpholine rings is 1. The first-order valence-corrected chi connectivity index (χ1v) is 9.06. The lowest BCUT2D eigenvalue weighted by molar-refractivity contribution is 0.0382. The Morgan fingerprint density at radius 1 is 1.28 bits per heavy atom. The fourth-order valence-corrected chi connectivity index (χ4v) is 3.71. The first kappa shape index (κ1) is 16.2. The zero-order chi connectivity index (χ0) is 17.2. The van der Waals surface area contributed by atoms with Gasteiger partial charge in [-0.25, -0.2) is 14.3 Å². The molecule has 0 atom stereocenters. The zero-order valence-electron chi connectivity index (χ0n) is 13.6. The van der Waals surface area contributed by atoms with E-state index in [1.165, 1.54) is 0 Å². The highest BCUT2D eigenvalue weighted by Gasteiger charge is 2.18. The SMILES string of the molecule is O=C(O)c1ccc(-c2cccs2)n2nc(CCN3CCOCC3)nc12. The van der Waals surface area contributed by atoms with E-state index in [-0.39, 0.29) is 5.56 Å². The first-order chi connectivity index (χ1) is 12.2. The third-order valence-electron chi connectivity index (χ3n) is 4.29. The molecular formula is C17H18N4O3S. The maximum absolute atomic E-state index is 11.5. The van der Waals surface area contributed by atoms with Crippen molar-refractivity contribution in [2.75, 3.05) is 32.8 Å². The maximum atomic E-state index is 11.5. The van der Waals surface area contributed by atoms with Crippen LogP contribution < -0.4 is 0 Å². The van der Waals surface area contributed by atoms with Crippen LogP contribution in [0.15, 0.2) is 29.6 Å². The van der Waals surface area contributed by atoms with E-state index in [9.17, 15) is 9.90 Å². The van der Waals surface area contributed by atoms with Gasteiger partial charge in [0.25, 0.3) is 0 Å². The Bertz CT molecular complexity index is 885. The van der Waals surface area contributed by atoms with Gasteiger partial charge in [0.1, 0.15) is 5.56 Å². The highest BCUT2D eigenvalue weighted by Crippen LogP contribution is 2.26. The van der Waals surface area contributed by atoms with Crippen LogP contribution in [0.3, 0.4) is 0 Å². The van der Waals surface area contributed by atoms with Crippen molar-refractivity contribution in [2.45, 2.75) is 6.42 Å². The molecule has 0 amide bonds. The number of aromatic nitrogens is 3. The molecule has 0 spiro atoms. The largest absolute Gasteiger partial charge is 0.478 e. The molecule has 25 heavy (non-hydrogen) atoms. The Morgan fingerprint density at radius 2 is 2.12 bits per heavy atom. The second kappa shape index (κ2) is 6.91. The van der Waals surface area contributed by atoms with Crippen LogP contribution in [0.5, 0.6) is 0 Å². The third-order valence-corrected chi connectivity index (χ3v) is 5.18. The molecule has 0 saturated carbocycles. The van der Waals surface area contributed by atoms with Crippen molar-refractivity contribution in [3.63, 3.8) is 0 Å². The van der Waals surface area contributed by atoms with Gasteiger partial charge in [0, 0.05) is 26.1 Å². The van der Waals surface area contributed by atoms with Gasteiger partial charge in [-0.3, -0.25) is 4.90 Å². The van der Waals surface area contributed by atoms with Gasteiger partial charge < -0.3 is 9.84 Å². The fraction of sp³-hybridized carbons (Fsp3) is 0.353. The van der Waals surface area contributed by atoms with Gasteiger partial charge >= 0.3 is 5.97 Å². The summed E-state index contributed by atoms with van der Waals surface area (Å²) in [4.78, 5) is 19.4. The molecule has 3 aromatic rings. The van der Waals surface area contributed by atoms with E-state index in [0.29, 0.717) is 17.9 Å². The molecule has 1 aliphatic rings. The number of carbonyl (C=O) groups is 1. The number of rotatable bonds is 5. The molecule has 1 N–H and O–H groups in total. The predicted octanol–water partition coefficient (Wildman–Crippen LogP) is 2.03. The normalized spacial score (nSPS) is 15.7. The number of hydrogen-bond acceptors (Lipinski definition) is 6. The number of carboxylic acid groups (broad SMARTS) is 1. The number of fused-ring (bicyclic) bond motifs is 1. The van der Waals surface area contributed by atoms with Crippen LogP contribution in [0.1, 0.15) is 16.2 Å². The van der Waals surface area contributed by atoms with Crippen molar-refractivity contribution in [3.05, 3.63) is 41.0 Å². The van der Waals surface area contributed by atoms with Crippen molar-refractivity contribution in [2.24, 2.45) is 0 Å². The smallest absolute Gasteiger partial charge is 0.339 e. The maximum Gasteiger partial charge on any atom is 0.339 e. The summed E-state index contributed by atoms with van der Waals surface area (Å²) in [5.41, 5.74) is 1.43. The minimum Gasteiger partial charge on any atom is -0.478 e. The van der Waals surface area contributed by atoms with Crippen molar-refractivity contribution in [1.29, 1.82) is 0 Å². The van der Waals surface area contributed by atoms with Crippen LogP contribution in [0.4, 0.5) is 0 Å². The molecule has 4 rings (SSSR count). The number of carboxylic acids is 1. The second-order valence-corrected chi connectivity index (χ2v) is 6.83. The Kier molecular flexibility index (Phi) is 4.48. The van der Waals surface area contributed by atoms with Gasteiger partial charge in [0.2, 0.25) is 0 Å². The van der Waals surface area contributed by atoms with Crippen LogP contribution in [0.2, 0.25) is 0 Å². The van der Waals surface area contributed by atoms with Crippen LogP contribution in [0, 0.1) is 0 Å². The minimum absolute atomic E-state index is 0.172. The summed E-state index contributed by atoms with van der Waals surface area (Å²) < 4.78 is 7.01. The summed E-state index contributed by atoms with van der Waals surface area (Å²) in [5, 5.41) is 16.0. The number of ether oxygens (including phenoxy) is 1. The minimum atomic E-state index is -0.991. The number of thiophene rings is 1. The lowest BCUT2D eigenvalue weighted by Gasteiger charge is -2.25. The topological polar surface area (TPSA) is 80.0 Å². The van der Waals surface area contributed by atoms with Crippen LogP contribution in [0.25, 0.3) is 16.2 Å². The third kappa shape index (κ3) is 3.28. The van der Waals surface area contributed by atoms with E-state index in [4.69, 9.17) is 4.74 Å². The van der Waals surface area contributed by atoms with Crippen LogP contribution in [-0.2, 0) is 11.2 Å². The zero-order valence-corrected chi connectivity index (χ0v) is 14.4. The molecular weight excluding hydrogens is 340 g/mol. The second-order valence-electron chi connectivity index (χ2n) is 5.88. The summed E-state index contributed by atoms with van der Waals surface area (Å²) >= 11 is 1.59. The van der Waals surface area contributed by atoms with Gasteiger partial charge in [0.15, 0.2) is 11.5 Å². The van der Waals surface area contributed by atoms with Crippen molar-refractivity contribution >= 4 is 23.0 Å². The summed E-state index contributed by atoms with van der Waals surface area (Å²) in [6.45, 7) is 4.17. The van der Waals surface area contributed by atoms with E-state index in [1.807, 2.05) is 17.5 Å². The molecule has 3 aromatic heterocycles. The Balaban J connectivity index is 1.68. The molecule has 4 heterocycles. The van der Waals surface area contributed by atoms with Gasteiger partial charge in [0.05, 0.1) is 23.8 Å². The van der Waals surface area contributed by atoms with Gasteiger partial charge in [-0.15, -0.1) is 11.3 Å². The lowest BCUT2D eigenvalue weighted by atomic mass is 10.2. The van der Waals surface area contributed by atoms with Crippen LogP contribution >= 0.6 is 11.3 Å². The average Bonchev–Trinajstić information content (AvgIpc) is 3.29. The summed E-state index contributed by atoms with van der Waals surface area (Å²) in [5.74, 6) is -0.326. The molecule has 0 bridgehead atoms. The molecule has 1 fully saturated rings. The highest BCUT2D eigenvalue weighted by atomic mass is 32.1. The molecule has 0 unspecified atom stereocenters. The van der Waals surface area contributed by atoms with E-state index in [2.05, 4.69) is 15.0 Å². The Morgan fingerprint density at radius 3 is 2.84 bits per heavy atom. The number of nitrogens with zero attached hydrogens (tertiary/aromatic N) is 4. The number of pyridine rings is 1. The number of hydrogen-bond donors (Lipinski definition) is 1. The average molecular weight is 358 g/mol. The van der Waals surface area contributed by atoms with Crippen molar-refractivity contribution < 1.29 is 14.6 Å². The van der Waals surface area contributed by atoms with Crippen molar-refractivity contribution in [3.8, 4) is 10.6 Å². The molecule has 0 aliphatic carbocycles. The summed E-state index contributed by atoms with van der Waals surface area (Å²) in [7, 11) is 0. The highest BCUT2D eigenvalue weighted by molar-refractivity contribution is 7.13. The molecule has 7 nitrogen and oxygen atoms in total. The Labute approximate surface area is 148 Å². The summed E-state index contributed by atoms with van der Waals surface area (Å²) in [6, 6.07) is 7.36. The molecule has 1 saturated heterocycles. The number of aromatic carboxylic acids is 1. The monoisotopic (exact) mass is 358 g/mol. The fourth-order valence-electron chi connectivity index (χ4n) is 2.97. The van der Waals surface area contributed by atoms with Crippen molar-refractivity contribution in [1.82, 2.24) is 19.5 Å². The van der Waals surface area contributed by atoms with Crippen LogP contribution in [-0.4, -0.2) is 63.4 Å². The van der Waals surface area contributed by atoms with E-state index < -0.39 is 5.97 Å². The lowest BCUT2D eigenvalue weighted by Crippen LogP contribution is -2.37. The molecule has 130 valence electrons. The summed E-state index contributed by atoms with van der Waals surface area (Å²) in [6.07, 6.45) is 0.685. The van der Waals surface area contributed by atoms with Gasteiger partial charge in [-0.05, 0) is 23.6 Å². The van der Waals surface area contributed by atoms with Gasteiger partial charge in [-0.2, -0.15) is 5.10 Å².